The zero-order chi connectivity index (χ0) is 16.1. The second-order valence-corrected chi connectivity index (χ2v) is 6.63. The Bertz CT molecular complexity index is 619. The van der Waals surface area contributed by atoms with Crippen molar-refractivity contribution in [3.8, 4) is 0 Å². The molecule has 0 aromatic carbocycles. The molecule has 0 aliphatic carbocycles. The fraction of sp³-hybridized carbons (Fsp3) is 0.533. The number of urea groups is 1. The van der Waals surface area contributed by atoms with E-state index in [2.05, 4.69) is 41.5 Å². The normalized spacial score (nSPS) is 12.4. The Morgan fingerprint density at radius 2 is 2.18 bits per heavy atom. The number of carbonyl (C=O) groups excluding carboxylic acids is 1. The van der Waals surface area contributed by atoms with Crippen molar-refractivity contribution in [3.05, 3.63) is 28.5 Å². The van der Waals surface area contributed by atoms with E-state index in [0.29, 0.717) is 11.6 Å². The molecule has 22 heavy (non-hydrogen) atoms. The summed E-state index contributed by atoms with van der Waals surface area (Å²) in [6, 6.07) is -0.370. The molecule has 2 heterocycles. The monoisotopic (exact) mass is 321 g/mol. The van der Waals surface area contributed by atoms with E-state index in [9.17, 15) is 4.79 Å². The molecule has 2 N–H and O–H groups in total. The van der Waals surface area contributed by atoms with Crippen molar-refractivity contribution >= 4 is 23.1 Å². The lowest BCUT2D eigenvalue weighted by molar-refractivity contribution is 0.249. The molecule has 2 aromatic rings. The molecule has 7 heteroatoms. The first kappa shape index (κ1) is 16.5. The number of hydrogen-bond donors (Lipinski definition) is 2. The van der Waals surface area contributed by atoms with Gasteiger partial charge in [-0.25, -0.2) is 9.78 Å². The van der Waals surface area contributed by atoms with Crippen molar-refractivity contribution in [1.82, 2.24) is 20.1 Å². The predicted octanol–water partition coefficient (Wildman–Crippen LogP) is 3.44. The third kappa shape index (κ3) is 4.56. The van der Waals surface area contributed by atoms with E-state index in [1.807, 2.05) is 23.2 Å². The maximum absolute atomic E-state index is 12.0. The van der Waals surface area contributed by atoms with Crippen molar-refractivity contribution in [3.63, 3.8) is 0 Å². The van der Waals surface area contributed by atoms with Gasteiger partial charge >= 0.3 is 6.03 Å². The van der Waals surface area contributed by atoms with Crippen LogP contribution in [0.15, 0.2) is 17.8 Å². The molecule has 0 saturated carbocycles. The minimum absolute atomic E-state index is 0.123. The molecular formula is C15H23N5OS. The van der Waals surface area contributed by atoms with Gasteiger partial charge in [-0.2, -0.15) is 5.10 Å². The summed E-state index contributed by atoms with van der Waals surface area (Å²) in [6.07, 6.45) is 4.41. The molecule has 0 bridgehead atoms. The lowest BCUT2D eigenvalue weighted by Gasteiger charge is -2.11. The number of carbonyl (C=O) groups is 1. The summed E-state index contributed by atoms with van der Waals surface area (Å²) in [7, 11) is 0. The molecule has 0 aliphatic rings. The first-order valence-electron chi connectivity index (χ1n) is 7.52. The van der Waals surface area contributed by atoms with E-state index in [1.54, 1.807) is 17.5 Å². The second-order valence-electron chi connectivity index (χ2n) is 5.68. The fourth-order valence-electron chi connectivity index (χ4n) is 2.03. The van der Waals surface area contributed by atoms with Gasteiger partial charge in [-0.3, -0.25) is 4.68 Å². The van der Waals surface area contributed by atoms with Crippen LogP contribution in [0, 0.1) is 5.92 Å². The van der Waals surface area contributed by atoms with Crippen molar-refractivity contribution in [2.45, 2.75) is 46.7 Å². The van der Waals surface area contributed by atoms with Crippen LogP contribution >= 0.6 is 11.3 Å². The second kappa shape index (κ2) is 7.40. The topological polar surface area (TPSA) is 71.8 Å². The highest BCUT2D eigenvalue weighted by atomic mass is 32.1. The van der Waals surface area contributed by atoms with Gasteiger partial charge in [0.1, 0.15) is 0 Å². The molecular weight excluding hydrogens is 298 g/mol. The van der Waals surface area contributed by atoms with Crippen LogP contribution in [0.5, 0.6) is 0 Å². The van der Waals surface area contributed by atoms with Gasteiger partial charge in [0.05, 0.1) is 28.6 Å². The number of amides is 2. The van der Waals surface area contributed by atoms with Crippen LogP contribution in [0.3, 0.4) is 0 Å². The maximum atomic E-state index is 12.0. The minimum Gasteiger partial charge on any atom is -0.330 e. The van der Waals surface area contributed by atoms with Crippen molar-refractivity contribution in [2.24, 2.45) is 5.92 Å². The molecule has 2 amide bonds. The number of nitrogens with one attached hydrogen (secondary N) is 2. The van der Waals surface area contributed by atoms with Crippen LogP contribution in [-0.2, 0) is 13.0 Å². The first-order valence-corrected chi connectivity index (χ1v) is 8.40. The van der Waals surface area contributed by atoms with Gasteiger partial charge in [0, 0.05) is 18.1 Å². The van der Waals surface area contributed by atoms with Crippen molar-refractivity contribution in [1.29, 1.82) is 0 Å². The number of anilines is 1. The Hall–Kier alpha value is -1.89. The molecule has 1 unspecified atom stereocenters. The molecule has 0 saturated heterocycles. The summed E-state index contributed by atoms with van der Waals surface area (Å²) in [6.45, 7) is 9.08. The number of aromatic nitrogens is 3. The van der Waals surface area contributed by atoms with Crippen molar-refractivity contribution < 1.29 is 4.79 Å². The van der Waals surface area contributed by atoms with Crippen LogP contribution in [0.2, 0.25) is 0 Å². The Labute approximate surface area is 135 Å². The zero-order valence-corrected chi connectivity index (χ0v) is 14.3. The van der Waals surface area contributed by atoms with Gasteiger partial charge in [0.25, 0.3) is 0 Å². The molecule has 1 atom stereocenters. The minimum atomic E-state index is -0.248. The summed E-state index contributed by atoms with van der Waals surface area (Å²) in [5, 5.41) is 13.0. The first-order chi connectivity index (χ1) is 10.5. The lowest BCUT2D eigenvalue weighted by atomic mass is 10.2. The van der Waals surface area contributed by atoms with Crippen LogP contribution in [-0.4, -0.2) is 20.8 Å². The molecule has 2 aromatic heterocycles. The molecule has 120 valence electrons. The van der Waals surface area contributed by atoms with Crippen LogP contribution in [0.4, 0.5) is 10.5 Å². The predicted molar refractivity (Wildman–Crippen MR) is 89.1 cm³/mol. The largest absolute Gasteiger partial charge is 0.330 e. The number of rotatable bonds is 6. The summed E-state index contributed by atoms with van der Waals surface area (Å²) in [5.41, 5.74) is 1.59. The Balaban J connectivity index is 1.88. The lowest BCUT2D eigenvalue weighted by Crippen LogP contribution is -2.31. The van der Waals surface area contributed by atoms with E-state index >= 15 is 0 Å². The van der Waals surface area contributed by atoms with Gasteiger partial charge in [-0.15, -0.1) is 11.3 Å². The summed E-state index contributed by atoms with van der Waals surface area (Å²) < 4.78 is 1.83. The molecule has 0 fully saturated rings. The van der Waals surface area contributed by atoms with Crippen molar-refractivity contribution in [2.75, 3.05) is 5.32 Å². The third-order valence-electron chi connectivity index (χ3n) is 3.11. The van der Waals surface area contributed by atoms with E-state index in [0.717, 1.165) is 23.7 Å². The Morgan fingerprint density at radius 1 is 1.41 bits per heavy atom. The zero-order valence-electron chi connectivity index (χ0n) is 13.5. The molecule has 6 nitrogen and oxygen atoms in total. The highest BCUT2D eigenvalue weighted by molar-refractivity contribution is 7.09. The maximum Gasteiger partial charge on any atom is 0.319 e. The number of nitrogens with zero attached hydrogens (tertiary/aromatic N) is 3. The van der Waals surface area contributed by atoms with Crippen LogP contribution in [0.25, 0.3) is 0 Å². The van der Waals surface area contributed by atoms with E-state index in [1.165, 1.54) is 0 Å². The fourth-order valence-corrected chi connectivity index (χ4v) is 2.86. The SMILES string of the molecule is CCc1nc(C(C)NC(=O)Nc2cnn(CC(C)C)c2)cs1. The van der Waals surface area contributed by atoms with Gasteiger partial charge in [-0.05, 0) is 19.3 Å². The van der Waals surface area contributed by atoms with Crippen LogP contribution in [0.1, 0.15) is 44.4 Å². The summed E-state index contributed by atoms with van der Waals surface area (Å²) in [4.78, 5) is 16.5. The summed E-state index contributed by atoms with van der Waals surface area (Å²) >= 11 is 1.62. The summed E-state index contributed by atoms with van der Waals surface area (Å²) in [5.74, 6) is 0.513. The Morgan fingerprint density at radius 3 is 2.82 bits per heavy atom. The quantitative estimate of drug-likeness (QED) is 0.856. The van der Waals surface area contributed by atoms with Gasteiger partial charge in [0.2, 0.25) is 0 Å². The molecule has 0 radical (unpaired) electrons. The van der Waals surface area contributed by atoms with Crippen LogP contribution < -0.4 is 10.6 Å². The van der Waals surface area contributed by atoms with E-state index in [-0.39, 0.29) is 12.1 Å². The molecule has 0 aliphatic heterocycles. The van der Waals surface area contributed by atoms with Gasteiger partial charge < -0.3 is 10.6 Å². The van der Waals surface area contributed by atoms with E-state index < -0.39 is 0 Å². The number of hydrogen-bond acceptors (Lipinski definition) is 4. The van der Waals surface area contributed by atoms with Gasteiger partial charge in [0.15, 0.2) is 0 Å². The third-order valence-corrected chi connectivity index (χ3v) is 4.12. The molecule has 0 spiro atoms. The average molecular weight is 321 g/mol. The standard InChI is InChI=1S/C15H23N5OS/c1-5-14-19-13(9-22-14)11(4)17-15(21)18-12-6-16-20(8-12)7-10(2)3/h6,8-11H,5,7H2,1-4H3,(H2,17,18,21). The van der Waals surface area contributed by atoms with E-state index in [4.69, 9.17) is 0 Å². The Kier molecular flexibility index (Phi) is 5.54. The average Bonchev–Trinajstić information content (AvgIpc) is 3.07. The highest BCUT2D eigenvalue weighted by Gasteiger charge is 2.13. The number of aryl methyl sites for hydroxylation is 1. The van der Waals surface area contributed by atoms with Gasteiger partial charge in [-0.1, -0.05) is 20.8 Å². The smallest absolute Gasteiger partial charge is 0.319 e. The highest BCUT2D eigenvalue weighted by Crippen LogP contribution is 2.17. The molecule has 2 rings (SSSR count). The number of thiazole rings is 1.